The maximum Gasteiger partial charge on any atom is 0.155 e. The van der Waals surface area contributed by atoms with E-state index in [-0.39, 0.29) is 29.3 Å². The van der Waals surface area contributed by atoms with Gasteiger partial charge in [0.15, 0.2) is 5.78 Å². The second-order valence-corrected chi connectivity index (χ2v) is 9.45. The van der Waals surface area contributed by atoms with Crippen molar-refractivity contribution in [3.05, 3.63) is 11.6 Å². The summed E-state index contributed by atoms with van der Waals surface area (Å²) < 4.78 is 0. The molecule has 0 aliphatic heterocycles. The summed E-state index contributed by atoms with van der Waals surface area (Å²) in [6.07, 6.45) is 9.61. The van der Waals surface area contributed by atoms with Gasteiger partial charge in [0, 0.05) is 13.0 Å². The van der Waals surface area contributed by atoms with Crippen molar-refractivity contribution in [1.82, 2.24) is 0 Å². The van der Waals surface area contributed by atoms with E-state index in [1.165, 1.54) is 31.3 Å². The van der Waals surface area contributed by atoms with Crippen LogP contribution in [0.4, 0.5) is 0 Å². The van der Waals surface area contributed by atoms with E-state index in [9.17, 15) is 15.0 Å². The largest absolute Gasteiger partial charge is 0.396 e. The van der Waals surface area contributed by atoms with Crippen LogP contribution in [-0.2, 0) is 4.79 Å². The number of hydrogen-bond donors (Lipinski definition) is 2. The minimum Gasteiger partial charge on any atom is -0.396 e. The number of rotatable bonds is 2. The molecule has 0 spiro atoms. The summed E-state index contributed by atoms with van der Waals surface area (Å²) >= 11 is 0. The third-order valence-electron chi connectivity index (χ3n) is 8.66. The Kier molecular flexibility index (Phi) is 5.71. The van der Waals surface area contributed by atoms with Crippen molar-refractivity contribution in [2.45, 2.75) is 85.2 Å². The monoisotopic (exact) mass is 362 g/mol. The predicted molar refractivity (Wildman–Crippen MR) is 105 cm³/mol. The molecule has 0 aromatic rings. The smallest absolute Gasteiger partial charge is 0.155 e. The van der Waals surface area contributed by atoms with Gasteiger partial charge >= 0.3 is 0 Å². The van der Waals surface area contributed by atoms with Crippen molar-refractivity contribution < 1.29 is 15.0 Å². The first-order valence-corrected chi connectivity index (χ1v) is 10.9. The first-order chi connectivity index (χ1) is 12.4. The summed E-state index contributed by atoms with van der Waals surface area (Å²) in [6.45, 7) is 9.07. The van der Waals surface area contributed by atoms with E-state index in [0.717, 1.165) is 12.8 Å². The summed E-state index contributed by atoms with van der Waals surface area (Å²) in [6, 6.07) is 0. The average molecular weight is 363 g/mol. The van der Waals surface area contributed by atoms with Crippen molar-refractivity contribution in [2.24, 2.45) is 34.5 Å². The number of hydrogen-bond acceptors (Lipinski definition) is 3. The van der Waals surface area contributed by atoms with Crippen molar-refractivity contribution in [2.75, 3.05) is 6.61 Å². The first-order valence-electron chi connectivity index (χ1n) is 10.9. The van der Waals surface area contributed by atoms with E-state index in [1.807, 2.05) is 19.9 Å². The lowest BCUT2D eigenvalue weighted by Crippen LogP contribution is -2.55. The Morgan fingerprint density at radius 1 is 1.12 bits per heavy atom. The highest BCUT2D eigenvalue weighted by Crippen LogP contribution is 2.66. The molecule has 7 unspecified atom stereocenters. The minimum atomic E-state index is -0.294. The van der Waals surface area contributed by atoms with Crippen LogP contribution in [0.3, 0.4) is 0 Å². The standard InChI is InChI=1S/C21H32O3.C2H6/c1-20-9-6-17-19(16(20)4-3-13(20)7-10-22)18(24)12-14-11-15(23)5-8-21(14,17)2;1-2/h11,13,16-19,22,24H,3-10,12H2,1-2H3;1-2H3. The van der Waals surface area contributed by atoms with Crippen molar-refractivity contribution >= 4 is 5.78 Å². The highest BCUT2D eigenvalue weighted by atomic mass is 16.3. The lowest BCUT2D eigenvalue weighted by molar-refractivity contribution is -0.123. The van der Waals surface area contributed by atoms with Crippen LogP contribution in [0.2, 0.25) is 0 Å². The molecule has 148 valence electrons. The Labute approximate surface area is 159 Å². The molecular formula is C23H38O3. The number of aliphatic hydroxyl groups is 2. The summed E-state index contributed by atoms with van der Waals surface area (Å²) in [5.74, 6) is 2.34. The molecule has 0 heterocycles. The van der Waals surface area contributed by atoms with Gasteiger partial charge in [0.25, 0.3) is 0 Å². The molecule has 4 rings (SSSR count). The second kappa shape index (κ2) is 7.39. The fourth-order valence-corrected chi connectivity index (χ4v) is 7.27. The lowest BCUT2D eigenvalue weighted by atomic mass is 9.46. The molecule has 4 aliphatic rings. The fraction of sp³-hybridized carbons (Fsp3) is 0.870. The summed E-state index contributed by atoms with van der Waals surface area (Å²) in [5, 5.41) is 20.5. The summed E-state index contributed by atoms with van der Waals surface area (Å²) in [5.41, 5.74) is 1.63. The highest BCUT2D eigenvalue weighted by molar-refractivity contribution is 5.91. The Morgan fingerprint density at radius 2 is 1.85 bits per heavy atom. The van der Waals surface area contributed by atoms with Gasteiger partial charge in [-0.2, -0.15) is 0 Å². The number of fused-ring (bicyclic) bond motifs is 5. The van der Waals surface area contributed by atoms with Gasteiger partial charge < -0.3 is 10.2 Å². The molecule has 0 bridgehead atoms. The predicted octanol–water partition coefficient (Wildman–Crippen LogP) is 4.51. The fourth-order valence-electron chi connectivity index (χ4n) is 7.27. The normalized spacial score (nSPS) is 47.1. The summed E-state index contributed by atoms with van der Waals surface area (Å²) in [7, 11) is 0. The average Bonchev–Trinajstić information content (AvgIpc) is 2.95. The van der Waals surface area contributed by atoms with Gasteiger partial charge in [0.2, 0.25) is 0 Å². The zero-order chi connectivity index (χ0) is 19.1. The van der Waals surface area contributed by atoms with Gasteiger partial charge in [-0.1, -0.05) is 33.3 Å². The van der Waals surface area contributed by atoms with E-state index in [0.29, 0.717) is 36.5 Å². The van der Waals surface area contributed by atoms with E-state index in [1.54, 1.807) is 0 Å². The zero-order valence-electron chi connectivity index (χ0n) is 17.1. The quantitative estimate of drug-likeness (QED) is 0.759. The molecular weight excluding hydrogens is 324 g/mol. The van der Waals surface area contributed by atoms with Crippen LogP contribution in [0, 0.1) is 34.5 Å². The van der Waals surface area contributed by atoms with Crippen LogP contribution in [0.5, 0.6) is 0 Å². The maximum absolute atomic E-state index is 11.9. The molecule has 3 fully saturated rings. The molecule has 0 radical (unpaired) electrons. The SMILES string of the molecule is CC.CC12CCC(=O)C=C1CC(O)C1C2CCC2(C)C(CCO)CCC12. The molecule has 3 saturated carbocycles. The highest BCUT2D eigenvalue weighted by Gasteiger charge is 2.60. The van der Waals surface area contributed by atoms with Crippen LogP contribution < -0.4 is 0 Å². The van der Waals surface area contributed by atoms with Crippen LogP contribution in [0.1, 0.15) is 79.1 Å². The lowest BCUT2D eigenvalue weighted by Gasteiger charge is -2.59. The third kappa shape index (κ3) is 2.90. The molecule has 0 aromatic carbocycles. The number of ketones is 1. The molecule has 7 atom stereocenters. The van der Waals surface area contributed by atoms with Gasteiger partial charge in [0.05, 0.1) is 6.10 Å². The van der Waals surface area contributed by atoms with Gasteiger partial charge in [-0.3, -0.25) is 4.79 Å². The van der Waals surface area contributed by atoms with Crippen molar-refractivity contribution in [3.63, 3.8) is 0 Å². The van der Waals surface area contributed by atoms with Gasteiger partial charge in [-0.15, -0.1) is 0 Å². The van der Waals surface area contributed by atoms with Gasteiger partial charge in [0.1, 0.15) is 0 Å². The third-order valence-corrected chi connectivity index (χ3v) is 8.66. The van der Waals surface area contributed by atoms with Crippen LogP contribution >= 0.6 is 0 Å². The van der Waals surface area contributed by atoms with Crippen LogP contribution in [0.15, 0.2) is 11.6 Å². The Balaban J connectivity index is 0.000000948. The van der Waals surface area contributed by atoms with E-state index in [4.69, 9.17) is 0 Å². The Hall–Kier alpha value is -0.670. The van der Waals surface area contributed by atoms with Gasteiger partial charge in [-0.25, -0.2) is 0 Å². The summed E-state index contributed by atoms with van der Waals surface area (Å²) in [4.78, 5) is 11.9. The second-order valence-electron chi connectivity index (χ2n) is 9.45. The Morgan fingerprint density at radius 3 is 2.54 bits per heavy atom. The van der Waals surface area contributed by atoms with Gasteiger partial charge in [-0.05, 0) is 85.5 Å². The topological polar surface area (TPSA) is 57.5 Å². The molecule has 3 nitrogen and oxygen atoms in total. The molecule has 4 aliphatic carbocycles. The van der Waals surface area contributed by atoms with Crippen molar-refractivity contribution in [1.29, 1.82) is 0 Å². The minimum absolute atomic E-state index is 0.119. The zero-order valence-corrected chi connectivity index (χ0v) is 17.1. The van der Waals surface area contributed by atoms with Crippen molar-refractivity contribution in [3.8, 4) is 0 Å². The molecule has 26 heavy (non-hydrogen) atoms. The van der Waals surface area contributed by atoms with E-state index < -0.39 is 0 Å². The molecule has 2 N–H and O–H groups in total. The molecule has 0 saturated heterocycles. The number of carbonyl (C=O) groups excluding carboxylic acids is 1. The van der Waals surface area contributed by atoms with Crippen LogP contribution in [-0.4, -0.2) is 28.7 Å². The molecule has 0 aromatic heterocycles. The Bertz CT molecular complexity index is 568. The van der Waals surface area contributed by atoms with E-state index >= 15 is 0 Å². The van der Waals surface area contributed by atoms with E-state index in [2.05, 4.69) is 13.8 Å². The first kappa shape index (κ1) is 20.1. The maximum atomic E-state index is 11.9. The number of carbonyl (C=O) groups is 1. The molecule has 3 heteroatoms. The van der Waals surface area contributed by atoms with Crippen LogP contribution in [0.25, 0.3) is 0 Å². The number of aliphatic hydroxyl groups excluding tert-OH is 2. The molecule has 0 amide bonds.